The molecule has 1 aromatic carbocycles. The van der Waals surface area contributed by atoms with Crippen LogP contribution >= 0.6 is 0 Å². The number of ketones is 2. The number of carbonyl (C=O) groups is 2. The standard InChI is InChI=1S/C15H14O6/c1-19-12-7-10(16)9(6-11(12)17)8-4-13(20-2)15(18)14(5-8)21-3/h4-7,18H,1-3H3. The predicted octanol–water partition coefficient (Wildman–Crippen LogP) is 1.47. The van der Waals surface area contributed by atoms with Crippen molar-refractivity contribution >= 4 is 17.1 Å². The maximum atomic E-state index is 12.1. The fraction of sp³-hybridized carbons (Fsp3) is 0.200. The second-order valence-corrected chi connectivity index (χ2v) is 4.23. The van der Waals surface area contributed by atoms with Gasteiger partial charge in [0.1, 0.15) is 0 Å². The Morgan fingerprint density at radius 1 is 0.857 bits per heavy atom. The molecule has 0 aliphatic heterocycles. The van der Waals surface area contributed by atoms with Crippen LogP contribution in [-0.2, 0) is 14.3 Å². The highest BCUT2D eigenvalue weighted by Crippen LogP contribution is 2.39. The second kappa shape index (κ2) is 5.70. The lowest BCUT2D eigenvalue weighted by Gasteiger charge is -2.14. The van der Waals surface area contributed by atoms with Crippen LogP contribution in [0, 0.1) is 0 Å². The first-order chi connectivity index (χ1) is 10.0. The Morgan fingerprint density at radius 2 is 1.43 bits per heavy atom. The second-order valence-electron chi connectivity index (χ2n) is 4.23. The van der Waals surface area contributed by atoms with E-state index in [9.17, 15) is 14.7 Å². The quantitative estimate of drug-likeness (QED) is 0.846. The van der Waals surface area contributed by atoms with Gasteiger partial charge in [0.25, 0.3) is 0 Å². The number of aromatic hydroxyl groups is 1. The minimum Gasteiger partial charge on any atom is -0.502 e. The highest BCUT2D eigenvalue weighted by molar-refractivity contribution is 6.34. The molecule has 2 rings (SSSR count). The van der Waals surface area contributed by atoms with Crippen LogP contribution in [0.3, 0.4) is 0 Å². The summed E-state index contributed by atoms with van der Waals surface area (Å²) in [6.45, 7) is 0. The number of phenols is 1. The number of hydrogen-bond donors (Lipinski definition) is 1. The number of phenolic OH excluding ortho intramolecular Hbond substituents is 1. The van der Waals surface area contributed by atoms with Gasteiger partial charge >= 0.3 is 0 Å². The van der Waals surface area contributed by atoms with Gasteiger partial charge < -0.3 is 19.3 Å². The van der Waals surface area contributed by atoms with Crippen LogP contribution in [0.25, 0.3) is 5.57 Å². The molecule has 0 fully saturated rings. The molecule has 0 heterocycles. The van der Waals surface area contributed by atoms with E-state index in [4.69, 9.17) is 14.2 Å². The van der Waals surface area contributed by atoms with E-state index in [0.29, 0.717) is 5.56 Å². The molecule has 0 aromatic heterocycles. The van der Waals surface area contributed by atoms with Crippen molar-refractivity contribution in [3.8, 4) is 17.2 Å². The molecule has 0 amide bonds. The Bertz CT molecular complexity index is 644. The van der Waals surface area contributed by atoms with E-state index in [-0.39, 0.29) is 34.4 Å². The fourth-order valence-electron chi connectivity index (χ4n) is 1.98. The van der Waals surface area contributed by atoms with Gasteiger partial charge in [-0.25, -0.2) is 0 Å². The smallest absolute Gasteiger partial charge is 0.221 e. The number of allylic oxidation sites excluding steroid dienone is 3. The molecule has 1 aliphatic carbocycles. The van der Waals surface area contributed by atoms with Crippen LogP contribution in [-0.4, -0.2) is 38.0 Å². The summed E-state index contributed by atoms with van der Waals surface area (Å²) in [6.07, 6.45) is 2.32. The molecule has 1 aromatic rings. The van der Waals surface area contributed by atoms with Crippen LogP contribution in [0.4, 0.5) is 0 Å². The summed E-state index contributed by atoms with van der Waals surface area (Å²) in [6, 6.07) is 2.92. The Balaban J connectivity index is 2.53. The molecule has 0 saturated carbocycles. The fourth-order valence-corrected chi connectivity index (χ4v) is 1.98. The molecular formula is C15H14O6. The molecule has 110 valence electrons. The molecule has 0 spiro atoms. The van der Waals surface area contributed by atoms with Crippen molar-refractivity contribution in [2.75, 3.05) is 21.3 Å². The van der Waals surface area contributed by atoms with Gasteiger partial charge in [0.15, 0.2) is 23.0 Å². The molecule has 0 saturated heterocycles. The van der Waals surface area contributed by atoms with Crippen molar-refractivity contribution in [2.24, 2.45) is 0 Å². The number of carbonyl (C=O) groups excluding carboxylic acids is 2. The minimum atomic E-state index is -0.405. The van der Waals surface area contributed by atoms with Gasteiger partial charge in [-0.1, -0.05) is 0 Å². The SMILES string of the molecule is COC1=CC(=O)C(c2cc(OC)c(O)c(OC)c2)=CC1=O. The van der Waals surface area contributed by atoms with Crippen LogP contribution in [0.1, 0.15) is 5.56 Å². The van der Waals surface area contributed by atoms with Crippen molar-refractivity contribution in [3.63, 3.8) is 0 Å². The first-order valence-corrected chi connectivity index (χ1v) is 6.03. The molecule has 0 bridgehead atoms. The van der Waals surface area contributed by atoms with Gasteiger partial charge in [-0.05, 0) is 17.7 Å². The van der Waals surface area contributed by atoms with Crippen molar-refractivity contribution in [3.05, 3.63) is 35.6 Å². The minimum absolute atomic E-state index is 0.0125. The van der Waals surface area contributed by atoms with Crippen molar-refractivity contribution in [1.29, 1.82) is 0 Å². The summed E-state index contributed by atoms with van der Waals surface area (Å²) in [5.41, 5.74) is 0.587. The summed E-state index contributed by atoms with van der Waals surface area (Å²) in [5.74, 6) is -0.674. The zero-order valence-corrected chi connectivity index (χ0v) is 11.8. The van der Waals surface area contributed by atoms with Gasteiger partial charge in [-0.15, -0.1) is 0 Å². The summed E-state index contributed by atoms with van der Waals surface area (Å²) in [4.78, 5) is 23.9. The largest absolute Gasteiger partial charge is 0.502 e. The molecule has 6 heteroatoms. The maximum absolute atomic E-state index is 12.1. The molecule has 21 heavy (non-hydrogen) atoms. The average Bonchev–Trinajstić information content (AvgIpc) is 2.49. The Kier molecular flexibility index (Phi) is 3.98. The lowest BCUT2D eigenvalue weighted by atomic mass is 9.95. The van der Waals surface area contributed by atoms with E-state index in [0.717, 1.165) is 6.08 Å². The van der Waals surface area contributed by atoms with E-state index in [1.165, 1.54) is 39.5 Å². The van der Waals surface area contributed by atoms with E-state index in [1.807, 2.05) is 0 Å². The first-order valence-electron chi connectivity index (χ1n) is 6.03. The average molecular weight is 290 g/mol. The van der Waals surface area contributed by atoms with E-state index < -0.39 is 5.78 Å². The topological polar surface area (TPSA) is 82.1 Å². The van der Waals surface area contributed by atoms with E-state index >= 15 is 0 Å². The van der Waals surface area contributed by atoms with Crippen molar-refractivity contribution in [1.82, 2.24) is 0 Å². The first kappa shape index (κ1) is 14.6. The molecule has 0 atom stereocenters. The molecule has 0 radical (unpaired) electrons. The zero-order valence-electron chi connectivity index (χ0n) is 11.8. The van der Waals surface area contributed by atoms with Crippen molar-refractivity contribution in [2.45, 2.75) is 0 Å². The number of rotatable bonds is 4. The van der Waals surface area contributed by atoms with Crippen LogP contribution in [0.5, 0.6) is 17.2 Å². The van der Waals surface area contributed by atoms with Gasteiger partial charge in [0.05, 0.1) is 21.3 Å². The highest BCUT2D eigenvalue weighted by Gasteiger charge is 2.24. The third-order valence-electron chi connectivity index (χ3n) is 3.06. The Labute approximate surface area is 121 Å². The Hall–Kier alpha value is -2.76. The van der Waals surface area contributed by atoms with Gasteiger partial charge in [0.2, 0.25) is 11.5 Å². The molecule has 1 N–H and O–H groups in total. The third kappa shape index (κ3) is 2.60. The van der Waals surface area contributed by atoms with E-state index in [2.05, 4.69) is 0 Å². The van der Waals surface area contributed by atoms with Crippen molar-refractivity contribution < 1.29 is 28.9 Å². The third-order valence-corrected chi connectivity index (χ3v) is 3.06. The van der Waals surface area contributed by atoms with Gasteiger partial charge in [-0.2, -0.15) is 0 Å². The normalized spacial score (nSPS) is 14.4. The lowest BCUT2D eigenvalue weighted by Crippen LogP contribution is -2.13. The van der Waals surface area contributed by atoms with Gasteiger partial charge in [0, 0.05) is 17.7 Å². The molecule has 6 nitrogen and oxygen atoms in total. The highest BCUT2D eigenvalue weighted by atomic mass is 16.5. The molecule has 0 unspecified atom stereocenters. The molecule has 1 aliphatic rings. The summed E-state index contributed by atoms with van der Waals surface area (Å²) < 4.78 is 14.9. The number of ether oxygens (including phenoxy) is 3. The summed E-state index contributed by atoms with van der Waals surface area (Å²) >= 11 is 0. The summed E-state index contributed by atoms with van der Waals surface area (Å²) in [7, 11) is 4.08. The van der Waals surface area contributed by atoms with Crippen LogP contribution in [0.2, 0.25) is 0 Å². The lowest BCUT2D eigenvalue weighted by molar-refractivity contribution is -0.116. The molecular weight excluding hydrogens is 276 g/mol. The van der Waals surface area contributed by atoms with Crippen LogP contribution < -0.4 is 9.47 Å². The van der Waals surface area contributed by atoms with Gasteiger partial charge in [-0.3, -0.25) is 9.59 Å². The predicted molar refractivity (Wildman–Crippen MR) is 74.3 cm³/mol. The van der Waals surface area contributed by atoms with E-state index in [1.54, 1.807) is 0 Å². The summed E-state index contributed by atoms with van der Waals surface area (Å²) in [5, 5.41) is 9.86. The zero-order chi connectivity index (χ0) is 15.6. The van der Waals surface area contributed by atoms with Crippen LogP contribution in [0.15, 0.2) is 30.0 Å². The Morgan fingerprint density at radius 3 is 1.90 bits per heavy atom. The maximum Gasteiger partial charge on any atom is 0.221 e. The number of benzene rings is 1. The number of hydrogen-bond acceptors (Lipinski definition) is 6. The monoisotopic (exact) mass is 290 g/mol. The number of methoxy groups -OCH3 is 3.